The minimum Gasteiger partial charge on any atom is -0.529 e. The second kappa shape index (κ2) is 5.51. The van der Waals surface area contributed by atoms with Gasteiger partial charge < -0.3 is 19.8 Å². The molecule has 0 rings (SSSR count). The number of rotatable bonds is 2. The van der Waals surface area contributed by atoms with Crippen LogP contribution < -0.4 is 10.5 Å². The van der Waals surface area contributed by atoms with Crippen molar-refractivity contribution in [2.45, 2.75) is 0 Å². The fraction of sp³-hybridized carbons (Fsp3) is 0. The number of carbonyl (C=O) groups is 2. The summed E-state index contributed by atoms with van der Waals surface area (Å²) < 4.78 is 8.45. The van der Waals surface area contributed by atoms with Gasteiger partial charge in [-0.15, -0.1) is 0 Å². The van der Waals surface area contributed by atoms with E-state index in [9.17, 15) is 9.59 Å². The molecule has 0 bridgehead atoms. The van der Waals surface area contributed by atoms with Gasteiger partial charge in [-0.1, -0.05) is 0 Å². The maximum absolute atomic E-state index is 10.4. The van der Waals surface area contributed by atoms with Crippen molar-refractivity contribution < 1.29 is 18.9 Å². The van der Waals surface area contributed by atoms with E-state index in [1.807, 2.05) is 0 Å². The van der Waals surface area contributed by atoms with Gasteiger partial charge in [-0.3, -0.25) is 0 Å². The quantitative estimate of drug-likeness (QED) is 0.412. The normalized spacial score (nSPS) is 7.64. The number of nitrogens with one attached hydrogen (secondary N) is 2. The summed E-state index contributed by atoms with van der Waals surface area (Å²) in [5.74, 6) is 0. The van der Waals surface area contributed by atoms with Crippen LogP contribution in [0, 0.1) is 0 Å². The van der Waals surface area contributed by atoms with Crippen LogP contribution in [0.5, 0.6) is 0 Å². The monoisotopic (exact) mass is 156 g/mol. The molecule has 0 saturated heterocycles. The standard InChI is InChI=1S/C2H7B3N2O4/c3-10-1(8)6-5-7-2(9)11-4/h5H,3-4H2,(H,6,8)(H,7,9). The predicted octanol–water partition coefficient (Wildman–Crippen LogP) is -3.20. The van der Waals surface area contributed by atoms with Crippen molar-refractivity contribution in [3.63, 3.8) is 0 Å². The first-order chi connectivity index (χ1) is 5.20. The Morgan fingerprint density at radius 1 is 1.09 bits per heavy atom. The van der Waals surface area contributed by atoms with Gasteiger partial charge in [0.1, 0.15) is 0 Å². The molecule has 0 fully saturated rings. The van der Waals surface area contributed by atoms with E-state index in [0.717, 1.165) is 0 Å². The second-order valence-electron chi connectivity index (χ2n) is 1.51. The molecule has 0 radical (unpaired) electrons. The van der Waals surface area contributed by atoms with Gasteiger partial charge in [0.15, 0.2) is 0 Å². The number of carbonyl (C=O) groups excluding carboxylic acids is 2. The molecule has 0 aromatic rings. The molecule has 0 aliphatic heterocycles. The van der Waals surface area contributed by atoms with Crippen LogP contribution in [-0.2, 0) is 9.31 Å². The van der Waals surface area contributed by atoms with Crippen molar-refractivity contribution in [1.82, 2.24) is 10.5 Å². The van der Waals surface area contributed by atoms with Crippen LogP contribution in [0.3, 0.4) is 0 Å². The van der Waals surface area contributed by atoms with Gasteiger partial charge in [-0.05, 0) is 0 Å². The zero-order valence-corrected chi connectivity index (χ0v) is 6.34. The molecule has 6 nitrogen and oxygen atoms in total. The molecular weight excluding hydrogens is 148 g/mol. The maximum Gasteiger partial charge on any atom is 0.377 e. The first kappa shape index (κ1) is 9.73. The van der Waals surface area contributed by atoms with Crippen molar-refractivity contribution in [1.29, 1.82) is 0 Å². The lowest BCUT2D eigenvalue weighted by Gasteiger charge is -2.02. The van der Waals surface area contributed by atoms with Crippen LogP contribution >= 0.6 is 0 Å². The van der Waals surface area contributed by atoms with Crippen LogP contribution in [-0.4, -0.2) is 35.8 Å². The molecule has 58 valence electrons. The Hall–Kier alpha value is -1.27. The summed E-state index contributed by atoms with van der Waals surface area (Å²) in [6.07, 6.45) is -1.22. The van der Waals surface area contributed by atoms with E-state index in [1.54, 1.807) is 0 Å². The predicted molar refractivity (Wildman–Crippen MR) is 43.5 cm³/mol. The van der Waals surface area contributed by atoms with E-state index in [1.165, 1.54) is 16.1 Å². The molecule has 0 saturated carbocycles. The van der Waals surface area contributed by atoms with Gasteiger partial charge in [-0.2, -0.15) is 0 Å². The van der Waals surface area contributed by atoms with Crippen LogP contribution in [0.25, 0.3) is 0 Å². The van der Waals surface area contributed by atoms with Gasteiger partial charge in [-0.25, -0.2) is 9.59 Å². The molecule has 2 amide bonds. The van der Waals surface area contributed by atoms with Crippen molar-refractivity contribution >= 4 is 35.8 Å². The van der Waals surface area contributed by atoms with E-state index in [-0.39, 0.29) is 7.55 Å². The number of hydrogen-bond acceptors (Lipinski definition) is 4. The summed E-state index contributed by atoms with van der Waals surface area (Å²) >= 11 is 0. The van der Waals surface area contributed by atoms with Gasteiger partial charge in [0.25, 0.3) is 0 Å². The Morgan fingerprint density at radius 3 is 1.73 bits per heavy atom. The van der Waals surface area contributed by atoms with E-state index >= 15 is 0 Å². The van der Waals surface area contributed by atoms with E-state index in [2.05, 4.69) is 19.8 Å². The van der Waals surface area contributed by atoms with Crippen molar-refractivity contribution in [2.75, 3.05) is 0 Å². The molecule has 2 N–H and O–H groups in total. The van der Waals surface area contributed by atoms with Crippen molar-refractivity contribution in [3.8, 4) is 0 Å². The summed E-state index contributed by atoms with van der Waals surface area (Å²) in [7, 11) is 2.44. The lowest BCUT2D eigenvalue weighted by Crippen LogP contribution is -2.40. The molecule has 0 atom stereocenters. The van der Waals surface area contributed by atoms with Crippen LogP contribution in [0.4, 0.5) is 9.59 Å². The Kier molecular flexibility index (Phi) is 4.88. The van der Waals surface area contributed by atoms with Crippen molar-refractivity contribution in [3.05, 3.63) is 0 Å². The van der Waals surface area contributed by atoms with Gasteiger partial charge in [0.05, 0.1) is 0 Å². The fourth-order valence-corrected chi connectivity index (χ4v) is 0.333. The molecular formula is C2H7B3N2O4. The molecule has 9 heteroatoms. The minimum absolute atomic E-state index is 0.0145. The third-order valence-electron chi connectivity index (χ3n) is 0.836. The SMILES string of the molecule is BOC(=O)NBNC(=O)OB. The Balaban J connectivity index is 3.27. The van der Waals surface area contributed by atoms with Crippen LogP contribution in [0.2, 0.25) is 0 Å². The highest BCUT2D eigenvalue weighted by Crippen LogP contribution is 1.67. The zero-order chi connectivity index (χ0) is 8.69. The molecule has 0 spiro atoms. The van der Waals surface area contributed by atoms with Crippen molar-refractivity contribution in [2.24, 2.45) is 0 Å². The number of hydrogen-bond donors (Lipinski definition) is 2. The molecule has 0 heterocycles. The average molecular weight is 156 g/mol. The van der Waals surface area contributed by atoms with Gasteiger partial charge in [0, 0.05) is 0 Å². The highest BCUT2D eigenvalue weighted by molar-refractivity contribution is 6.38. The number of amides is 2. The minimum atomic E-state index is -0.610. The Labute approximate surface area is 66.2 Å². The van der Waals surface area contributed by atoms with Gasteiger partial charge in [0.2, 0.25) is 0 Å². The Bertz CT molecular complexity index is 136. The summed E-state index contributed by atoms with van der Waals surface area (Å²) in [6, 6.07) is 0. The molecule has 0 aromatic carbocycles. The topological polar surface area (TPSA) is 76.7 Å². The smallest absolute Gasteiger partial charge is 0.377 e. The lowest BCUT2D eigenvalue weighted by molar-refractivity contribution is 0.209. The first-order valence-corrected chi connectivity index (χ1v) is 2.84. The summed E-state index contributed by atoms with van der Waals surface area (Å²) in [5, 5.41) is 4.45. The average Bonchev–Trinajstić information content (AvgIpc) is 2.04. The zero-order valence-electron chi connectivity index (χ0n) is 6.34. The lowest BCUT2D eigenvalue weighted by atomic mass is 10.2. The van der Waals surface area contributed by atoms with Crippen LogP contribution in [0.15, 0.2) is 0 Å². The summed E-state index contributed by atoms with van der Waals surface area (Å²) in [6.45, 7) is 0. The largest absolute Gasteiger partial charge is 0.529 e. The highest BCUT2D eigenvalue weighted by Gasteiger charge is 2.01. The molecule has 11 heavy (non-hydrogen) atoms. The highest BCUT2D eigenvalue weighted by atomic mass is 16.5. The first-order valence-electron chi connectivity index (χ1n) is 2.84. The molecule has 0 aromatic heterocycles. The second-order valence-corrected chi connectivity index (χ2v) is 1.51. The van der Waals surface area contributed by atoms with Gasteiger partial charge >= 0.3 is 35.8 Å². The third-order valence-corrected chi connectivity index (χ3v) is 0.836. The summed E-state index contributed by atoms with van der Waals surface area (Å²) in [4.78, 5) is 20.7. The summed E-state index contributed by atoms with van der Waals surface area (Å²) in [5.41, 5.74) is 0. The van der Waals surface area contributed by atoms with Crippen LogP contribution in [0.1, 0.15) is 0 Å². The maximum atomic E-state index is 10.4. The Morgan fingerprint density at radius 2 is 1.45 bits per heavy atom. The molecule has 0 aliphatic rings. The molecule has 0 unspecified atom stereocenters. The van der Waals surface area contributed by atoms with E-state index in [0.29, 0.717) is 0 Å². The van der Waals surface area contributed by atoms with E-state index < -0.39 is 12.2 Å². The van der Waals surface area contributed by atoms with E-state index in [4.69, 9.17) is 0 Å². The fourth-order valence-electron chi connectivity index (χ4n) is 0.333. The third kappa shape index (κ3) is 5.19. The molecule has 0 aliphatic carbocycles.